The van der Waals surface area contributed by atoms with Gasteiger partial charge in [-0.05, 0) is 37.3 Å². The fourth-order valence-corrected chi connectivity index (χ4v) is 3.42. The second-order valence-electron chi connectivity index (χ2n) is 5.75. The summed E-state index contributed by atoms with van der Waals surface area (Å²) < 4.78 is 5.61. The summed E-state index contributed by atoms with van der Waals surface area (Å²) in [7, 11) is 0. The summed E-state index contributed by atoms with van der Waals surface area (Å²) in [5.74, 6) is 1.77. The highest BCUT2D eigenvalue weighted by Gasteiger charge is 2.47. The highest BCUT2D eigenvalue weighted by atomic mass is 16.3. The summed E-state index contributed by atoms with van der Waals surface area (Å²) in [6.07, 6.45) is 6.25. The van der Waals surface area contributed by atoms with E-state index < -0.39 is 0 Å². The molecule has 0 fully saturated rings. The van der Waals surface area contributed by atoms with Gasteiger partial charge in [0, 0.05) is 18.3 Å². The molecule has 3 rings (SSSR count). The number of carbonyl (C=O) groups excluding carboxylic acids is 1. The molecule has 1 heterocycles. The Bertz CT molecular complexity index is 521. The van der Waals surface area contributed by atoms with Crippen molar-refractivity contribution in [1.82, 2.24) is 0 Å². The van der Waals surface area contributed by atoms with Crippen LogP contribution >= 0.6 is 0 Å². The molecule has 0 bridgehead atoms. The minimum Gasteiger partial charge on any atom is -0.469 e. The topological polar surface area (TPSA) is 30.2 Å². The maximum absolute atomic E-state index is 12.2. The van der Waals surface area contributed by atoms with Gasteiger partial charge in [0.15, 0.2) is 0 Å². The molecule has 2 aliphatic carbocycles. The smallest absolute Gasteiger partial charge is 0.143 e. The number of Topliss-reactive ketones (excluding diaryl/α,β-unsaturated/α-hetero) is 1. The first kappa shape index (κ1) is 10.8. The molecule has 2 aliphatic rings. The number of allylic oxidation sites excluding steroid dienone is 2. The molecule has 0 saturated carbocycles. The van der Waals surface area contributed by atoms with Crippen LogP contribution in [0.4, 0.5) is 0 Å². The van der Waals surface area contributed by atoms with E-state index in [1.165, 1.54) is 16.7 Å². The van der Waals surface area contributed by atoms with E-state index in [2.05, 4.69) is 26.8 Å². The molecular formula is C15H18O2. The minimum absolute atomic E-state index is 0.240. The molecule has 1 aromatic heterocycles. The molecule has 0 unspecified atom stereocenters. The van der Waals surface area contributed by atoms with E-state index in [1.54, 1.807) is 0 Å². The molecule has 0 N–H and O–H groups in total. The van der Waals surface area contributed by atoms with E-state index in [-0.39, 0.29) is 5.41 Å². The van der Waals surface area contributed by atoms with Gasteiger partial charge in [-0.3, -0.25) is 4.79 Å². The number of fused-ring (bicyclic) bond motifs is 2. The van der Waals surface area contributed by atoms with Crippen LogP contribution in [0, 0.1) is 18.3 Å². The van der Waals surface area contributed by atoms with E-state index in [4.69, 9.17) is 4.42 Å². The molecule has 0 aliphatic heterocycles. The van der Waals surface area contributed by atoms with Crippen LogP contribution in [0.2, 0.25) is 0 Å². The standard InChI is InChI=1S/C15H18O2/c1-9-4-5-14(16)15(3)7-13-11(6-12(9)15)10(2)8-17-13/h4,8,12H,5-7H2,1-3H3/t12-,15+/m0/s1. The van der Waals surface area contributed by atoms with Crippen LogP contribution in [0.5, 0.6) is 0 Å². The molecule has 2 heteroatoms. The predicted octanol–water partition coefficient (Wildman–Crippen LogP) is 3.23. The van der Waals surface area contributed by atoms with Gasteiger partial charge in [-0.15, -0.1) is 0 Å². The zero-order chi connectivity index (χ0) is 12.2. The van der Waals surface area contributed by atoms with Crippen molar-refractivity contribution >= 4 is 5.78 Å². The van der Waals surface area contributed by atoms with Crippen molar-refractivity contribution < 1.29 is 9.21 Å². The summed E-state index contributed by atoms with van der Waals surface area (Å²) in [5.41, 5.74) is 3.69. The second-order valence-corrected chi connectivity index (χ2v) is 5.75. The van der Waals surface area contributed by atoms with Gasteiger partial charge in [0.1, 0.15) is 11.5 Å². The van der Waals surface area contributed by atoms with E-state index in [1.807, 2.05) is 6.26 Å². The summed E-state index contributed by atoms with van der Waals surface area (Å²) >= 11 is 0. The molecule has 0 spiro atoms. The molecular weight excluding hydrogens is 212 g/mol. The van der Waals surface area contributed by atoms with Crippen LogP contribution < -0.4 is 0 Å². The van der Waals surface area contributed by atoms with Crippen molar-refractivity contribution in [3.8, 4) is 0 Å². The Kier molecular flexibility index (Phi) is 2.13. The van der Waals surface area contributed by atoms with Gasteiger partial charge in [-0.25, -0.2) is 0 Å². The van der Waals surface area contributed by atoms with E-state index in [0.29, 0.717) is 18.1 Å². The van der Waals surface area contributed by atoms with Gasteiger partial charge in [-0.2, -0.15) is 0 Å². The first-order valence-corrected chi connectivity index (χ1v) is 6.28. The Morgan fingerprint density at radius 2 is 2.18 bits per heavy atom. The lowest BCUT2D eigenvalue weighted by atomic mass is 9.59. The van der Waals surface area contributed by atoms with E-state index in [9.17, 15) is 4.79 Å². The Morgan fingerprint density at radius 3 is 2.94 bits per heavy atom. The first-order chi connectivity index (χ1) is 8.02. The molecule has 0 aromatic carbocycles. The summed E-state index contributed by atoms with van der Waals surface area (Å²) in [5, 5.41) is 0. The predicted molar refractivity (Wildman–Crippen MR) is 65.8 cm³/mol. The van der Waals surface area contributed by atoms with Gasteiger partial charge in [0.2, 0.25) is 0 Å². The van der Waals surface area contributed by atoms with Gasteiger partial charge >= 0.3 is 0 Å². The van der Waals surface area contributed by atoms with Crippen molar-refractivity contribution in [2.75, 3.05) is 0 Å². The largest absolute Gasteiger partial charge is 0.469 e. The molecule has 90 valence electrons. The molecule has 2 nitrogen and oxygen atoms in total. The lowest BCUT2D eigenvalue weighted by Gasteiger charge is -2.42. The number of hydrogen-bond acceptors (Lipinski definition) is 2. The van der Waals surface area contributed by atoms with Crippen molar-refractivity contribution in [2.45, 2.75) is 40.0 Å². The van der Waals surface area contributed by atoms with Gasteiger partial charge in [0.05, 0.1) is 6.26 Å². The lowest BCUT2D eigenvalue weighted by molar-refractivity contribution is -0.130. The number of ketones is 1. The molecule has 2 atom stereocenters. The molecule has 0 saturated heterocycles. The van der Waals surface area contributed by atoms with Crippen LogP contribution in [-0.4, -0.2) is 5.78 Å². The van der Waals surface area contributed by atoms with Crippen LogP contribution in [0.15, 0.2) is 22.3 Å². The second kappa shape index (κ2) is 3.34. The van der Waals surface area contributed by atoms with Gasteiger partial charge in [-0.1, -0.05) is 18.6 Å². The highest BCUT2D eigenvalue weighted by molar-refractivity contribution is 5.88. The number of carbonyl (C=O) groups is 1. The van der Waals surface area contributed by atoms with Crippen LogP contribution in [0.25, 0.3) is 0 Å². The van der Waals surface area contributed by atoms with Crippen molar-refractivity contribution in [3.05, 3.63) is 34.8 Å². The number of furan rings is 1. The fourth-order valence-electron chi connectivity index (χ4n) is 3.42. The first-order valence-electron chi connectivity index (χ1n) is 6.28. The van der Waals surface area contributed by atoms with Crippen molar-refractivity contribution in [2.24, 2.45) is 11.3 Å². The quantitative estimate of drug-likeness (QED) is 0.640. The zero-order valence-electron chi connectivity index (χ0n) is 10.7. The van der Waals surface area contributed by atoms with Crippen LogP contribution in [0.1, 0.15) is 37.2 Å². The molecule has 0 radical (unpaired) electrons. The summed E-state index contributed by atoms with van der Waals surface area (Å²) in [4.78, 5) is 12.2. The Balaban J connectivity index is 2.12. The Morgan fingerprint density at radius 1 is 1.41 bits per heavy atom. The SMILES string of the molecule is CC1=CCC(=O)[C@]2(C)Cc3occ(C)c3C[C@@H]12. The summed E-state index contributed by atoms with van der Waals surface area (Å²) in [6, 6.07) is 0. The maximum atomic E-state index is 12.2. The van der Waals surface area contributed by atoms with E-state index in [0.717, 1.165) is 18.6 Å². The fraction of sp³-hybridized carbons (Fsp3) is 0.533. The third kappa shape index (κ3) is 1.36. The Hall–Kier alpha value is -1.31. The number of rotatable bonds is 0. The lowest BCUT2D eigenvalue weighted by Crippen LogP contribution is -2.44. The third-order valence-electron chi connectivity index (χ3n) is 4.69. The summed E-state index contributed by atoms with van der Waals surface area (Å²) in [6.45, 7) is 6.36. The van der Waals surface area contributed by atoms with Crippen LogP contribution in [-0.2, 0) is 17.6 Å². The average Bonchev–Trinajstić information content (AvgIpc) is 2.64. The Labute approximate surface area is 102 Å². The number of aryl methyl sites for hydroxylation is 1. The minimum atomic E-state index is -0.240. The van der Waals surface area contributed by atoms with Gasteiger partial charge in [0.25, 0.3) is 0 Å². The highest BCUT2D eigenvalue weighted by Crippen LogP contribution is 2.48. The maximum Gasteiger partial charge on any atom is 0.143 e. The third-order valence-corrected chi connectivity index (χ3v) is 4.69. The zero-order valence-corrected chi connectivity index (χ0v) is 10.7. The van der Waals surface area contributed by atoms with Gasteiger partial charge < -0.3 is 4.42 Å². The van der Waals surface area contributed by atoms with Crippen molar-refractivity contribution in [3.63, 3.8) is 0 Å². The monoisotopic (exact) mass is 230 g/mol. The normalized spacial score (nSPS) is 31.8. The van der Waals surface area contributed by atoms with Crippen LogP contribution in [0.3, 0.4) is 0 Å². The molecule has 1 aromatic rings. The number of hydrogen-bond donors (Lipinski definition) is 0. The van der Waals surface area contributed by atoms with E-state index >= 15 is 0 Å². The average molecular weight is 230 g/mol. The van der Waals surface area contributed by atoms with Crippen molar-refractivity contribution in [1.29, 1.82) is 0 Å². The molecule has 0 amide bonds. The molecule has 17 heavy (non-hydrogen) atoms.